The maximum absolute atomic E-state index is 12.9. The molecule has 5 heteroatoms. The molecule has 1 aromatic carbocycles. The summed E-state index contributed by atoms with van der Waals surface area (Å²) in [6.07, 6.45) is 2.73. The number of halogens is 2. The van der Waals surface area contributed by atoms with Crippen molar-refractivity contribution in [2.24, 2.45) is 0 Å². The number of hydrogen-bond donors (Lipinski definition) is 1. The molecule has 0 atom stereocenters. The molecule has 0 spiro atoms. The molecule has 0 aliphatic carbocycles. The Labute approximate surface area is 110 Å². The van der Waals surface area contributed by atoms with Gasteiger partial charge in [0.2, 0.25) is 0 Å². The minimum atomic E-state index is -0.368. The Bertz CT molecular complexity index is 548. The number of nitrogens with one attached hydrogen (secondary N) is 1. The summed E-state index contributed by atoms with van der Waals surface area (Å²) in [5, 5.41) is 3.61. The number of hydrogen-bond acceptors (Lipinski definition) is 3. The van der Waals surface area contributed by atoms with Gasteiger partial charge < -0.3 is 10.1 Å². The van der Waals surface area contributed by atoms with Gasteiger partial charge in [0.15, 0.2) is 0 Å². The van der Waals surface area contributed by atoms with E-state index < -0.39 is 0 Å². The van der Waals surface area contributed by atoms with Gasteiger partial charge in [-0.05, 0) is 17.7 Å². The van der Waals surface area contributed by atoms with Crippen molar-refractivity contribution in [3.63, 3.8) is 0 Å². The van der Waals surface area contributed by atoms with E-state index in [4.69, 9.17) is 16.3 Å². The van der Waals surface area contributed by atoms with E-state index in [1.54, 1.807) is 25.4 Å². The van der Waals surface area contributed by atoms with Crippen LogP contribution in [-0.2, 0) is 6.54 Å². The summed E-state index contributed by atoms with van der Waals surface area (Å²) in [4.78, 5) is 3.76. The van der Waals surface area contributed by atoms with Crippen LogP contribution in [0.1, 0.15) is 5.56 Å². The number of ether oxygens (including phenoxy) is 1. The first-order valence-corrected chi connectivity index (χ1v) is 5.73. The molecule has 3 nitrogen and oxygen atoms in total. The maximum atomic E-state index is 12.9. The van der Waals surface area contributed by atoms with Crippen molar-refractivity contribution in [2.75, 3.05) is 12.4 Å². The molecular weight excluding hydrogens is 255 g/mol. The van der Waals surface area contributed by atoms with Gasteiger partial charge in [0.1, 0.15) is 11.6 Å². The zero-order valence-electron chi connectivity index (χ0n) is 9.78. The lowest BCUT2D eigenvalue weighted by Gasteiger charge is -2.08. The van der Waals surface area contributed by atoms with Crippen molar-refractivity contribution in [1.29, 1.82) is 0 Å². The fraction of sp³-hybridized carbons (Fsp3) is 0.154. The molecule has 2 rings (SSSR count). The van der Waals surface area contributed by atoms with Gasteiger partial charge in [0.25, 0.3) is 0 Å². The largest absolute Gasteiger partial charge is 0.495 e. The Hall–Kier alpha value is -1.81. The molecule has 2 aromatic rings. The second-order valence-electron chi connectivity index (χ2n) is 3.71. The van der Waals surface area contributed by atoms with Crippen LogP contribution in [0.3, 0.4) is 0 Å². The number of benzene rings is 1. The Morgan fingerprint density at radius 1 is 1.33 bits per heavy atom. The molecule has 0 aliphatic rings. The van der Waals surface area contributed by atoms with Crippen LogP contribution < -0.4 is 10.1 Å². The minimum Gasteiger partial charge on any atom is -0.495 e. The lowest BCUT2D eigenvalue weighted by atomic mass is 10.2. The van der Waals surface area contributed by atoms with Crippen LogP contribution in [0.2, 0.25) is 5.02 Å². The molecule has 0 saturated heterocycles. The molecule has 1 N–H and O–H groups in total. The fourth-order valence-corrected chi connectivity index (χ4v) is 1.81. The summed E-state index contributed by atoms with van der Waals surface area (Å²) in [6, 6.07) is 6.88. The average molecular weight is 267 g/mol. The third kappa shape index (κ3) is 3.11. The molecule has 1 aromatic heterocycles. The second-order valence-corrected chi connectivity index (χ2v) is 4.12. The van der Waals surface area contributed by atoms with E-state index in [2.05, 4.69) is 10.3 Å². The van der Waals surface area contributed by atoms with Gasteiger partial charge in [0, 0.05) is 12.6 Å². The maximum Gasteiger partial charge on any atom is 0.143 e. The molecule has 1 heterocycles. The summed E-state index contributed by atoms with van der Waals surface area (Å²) >= 11 is 6.01. The van der Waals surface area contributed by atoms with Crippen LogP contribution in [0, 0.1) is 5.82 Å². The van der Waals surface area contributed by atoms with Crippen molar-refractivity contribution >= 4 is 17.3 Å². The Morgan fingerprint density at radius 3 is 2.83 bits per heavy atom. The molecule has 0 amide bonds. The zero-order chi connectivity index (χ0) is 13.0. The van der Waals surface area contributed by atoms with Gasteiger partial charge in [-0.15, -0.1) is 0 Å². The van der Waals surface area contributed by atoms with E-state index in [9.17, 15) is 4.39 Å². The van der Waals surface area contributed by atoms with Crippen molar-refractivity contribution in [1.82, 2.24) is 4.98 Å². The van der Waals surface area contributed by atoms with Crippen LogP contribution in [0.15, 0.2) is 36.7 Å². The first-order valence-electron chi connectivity index (χ1n) is 5.36. The first kappa shape index (κ1) is 12.6. The molecule has 0 aliphatic heterocycles. The fourth-order valence-electron chi connectivity index (χ4n) is 1.53. The standard InChI is InChI=1S/C13H12ClFN2O/c1-18-13-3-2-9(4-12(13)14)6-17-11-5-10(15)7-16-8-11/h2-5,7-8,17H,6H2,1H3. The third-order valence-corrected chi connectivity index (χ3v) is 2.71. The molecule has 0 radical (unpaired) electrons. The molecule has 94 valence electrons. The molecule has 0 saturated carbocycles. The molecule has 0 unspecified atom stereocenters. The summed E-state index contributed by atoms with van der Waals surface area (Å²) in [6.45, 7) is 0.537. The molecule has 0 bridgehead atoms. The van der Waals surface area contributed by atoms with Crippen LogP contribution in [0.4, 0.5) is 10.1 Å². The van der Waals surface area contributed by atoms with Gasteiger partial charge in [-0.3, -0.25) is 4.98 Å². The summed E-state index contributed by atoms with van der Waals surface area (Å²) < 4.78 is 18.0. The van der Waals surface area contributed by atoms with E-state index in [-0.39, 0.29) is 5.82 Å². The van der Waals surface area contributed by atoms with Gasteiger partial charge >= 0.3 is 0 Å². The monoisotopic (exact) mass is 266 g/mol. The Kier molecular flexibility index (Phi) is 3.99. The van der Waals surface area contributed by atoms with Crippen LogP contribution in [0.5, 0.6) is 5.75 Å². The van der Waals surface area contributed by atoms with E-state index in [0.29, 0.717) is 23.0 Å². The van der Waals surface area contributed by atoms with Gasteiger partial charge in [-0.2, -0.15) is 0 Å². The number of anilines is 1. The van der Waals surface area contributed by atoms with Gasteiger partial charge in [-0.1, -0.05) is 17.7 Å². The van der Waals surface area contributed by atoms with Crippen LogP contribution in [-0.4, -0.2) is 12.1 Å². The smallest absolute Gasteiger partial charge is 0.143 e. The lowest BCUT2D eigenvalue weighted by molar-refractivity contribution is 0.415. The van der Waals surface area contributed by atoms with Crippen molar-refractivity contribution in [3.05, 3.63) is 53.1 Å². The highest BCUT2D eigenvalue weighted by Crippen LogP contribution is 2.25. The quantitative estimate of drug-likeness (QED) is 0.920. The summed E-state index contributed by atoms with van der Waals surface area (Å²) in [5.41, 5.74) is 1.60. The minimum absolute atomic E-state index is 0.368. The number of methoxy groups -OCH3 is 1. The van der Waals surface area contributed by atoms with Crippen molar-refractivity contribution < 1.29 is 9.13 Å². The zero-order valence-corrected chi connectivity index (χ0v) is 10.5. The highest BCUT2D eigenvalue weighted by molar-refractivity contribution is 6.32. The number of nitrogens with zero attached hydrogens (tertiary/aromatic N) is 1. The Morgan fingerprint density at radius 2 is 2.17 bits per heavy atom. The highest BCUT2D eigenvalue weighted by Gasteiger charge is 2.02. The second kappa shape index (κ2) is 5.69. The van der Waals surface area contributed by atoms with Gasteiger partial charge in [-0.25, -0.2) is 4.39 Å². The predicted molar refractivity (Wildman–Crippen MR) is 69.5 cm³/mol. The summed E-state index contributed by atoms with van der Waals surface area (Å²) in [7, 11) is 1.57. The first-order chi connectivity index (χ1) is 8.69. The van der Waals surface area contributed by atoms with E-state index in [1.807, 2.05) is 6.07 Å². The average Bonchev–Trinajstić information content (AvgIpc) is 2.37. The van der Waals surface area contributed by atoms with Crippen LogP contribution in [0.25, 0.3) is 0 Å². The number of aromatic nitrogens is 1. The normalized spacial score (nSPS) is 10.2. The van der Waals surface area contributed by atoms with Crippen LogP contribution >= 0.6 is 11.6 Å². The van der Waals surface area contributed by atoms with E-state index in [1.165, 1.54) is 6.07 Å². The SMILES string of the molecule is COc1ccc(CNc2cncc(F)c2)cc1Cl. The van der Waals surface area contributed by atoms with Crippen molar-refractivity contribution in [3.8, 4) is 5.75 Å². The molecular formula is C13H12ClFN2O. The molecule has 0 fully saturated rings. The molecule has 18 heavy (non-hydrogen) atoms. The van der Waals surface area contributed by atoms with E-state index in [0.717, 1.165) is 11.8 Å². The van der Waals surface area contributed by atoms with E-state index >= 15 is 0 Å². The van der Waals surface area contributed by atoms with Crippen molar-refractivity contribution in [2.45, 2.75) is 6.54 Å². The van der Waals surface area contributed by atoms with Gasteiger partial charge in [0.05, 0.1) is 30.2 Å². The number of rotatable bonds is 4. The predicted octanol–water partition coefficient (Wildman–Crippen LogP) is 3.49. The summed E-state index contributed by atoms with van der Waals surface area (Å²) in [5.74, 6) is 0.264. The third-order valence-electron chi connectivity index (χ3n) is 2.42. The Balaban J connectivity index is 2.04. The topological polar surface area (TPSA) is 34.1 Å². The highest BCUT2D eigenvalue weighted by atomic mass is 35.5. The number of pyridine rings is 1. The lowest BCUT2D eigenvalue weighted by Crippen LogP contribution is -2.00.